The summed E-state index contributed by atoms with van der Waals surface area (Å²) in [5.74, 6) is -2.32. The van der Waals surface area contributed by atoms with Crippen LogP contribution >= 0.6 is 0 Å². The third kappa shape index (κ3) is 6.23. The Morgan fingerprint density at radius 2 is 1.48 bits per heavy atom. The van der Waals surface area contributed by atoms with Crippen molar-refractivity contribution in [1.29, 1.82) is 0 Å². The van der Waals surface area contributed by atoms with Gasteiger partial charge < -0.3 is 10.4 Å². The monoisotopic (exact) mass is 466 g/mol. The largest absolute Gasteiger partial charge is 0.507 e. The Labute approximate surface area is 191 Å². The molecule has 10 heteroatoms. The van der Waals surface area contributed by atoms with Crippen LogP contribution in [0.25, 0.3) is 5.76 Å². The molecule has 3 aromatic rings. The highest BCUT2D eigenvalue weighted by atomic mass is 32.2. The maximum atomic E-state index is 12.6. The maximum Gasteiger partial charge on any atom is 0.296 e. The third-order valence-corrected chi connectivity index (χ3v) is 5.81. The molecule has 2 aromatic carbocycles. The molecule has 1 aromatic heterocycles. The van der Waals surface area contributed by atoms with E-state index in [0.717, 1.165) is 11.6 Å². The standard InChI is InChI=1S/C23H22N4O5S/c1-14-4-6-17(7-5-14)20(28)13-21(29)22(30)26-18-8-10-19(11-9-18)33(31,32)27-23-24-15(2)12-16(3)25-23/h4-13,28H,1-3H3,(H,26,30)(H,24,25,27)/b20-13-. The lowest BCUT2D eigenvalue weighted by atomic mass is 10.1. The Morgan fingerprint density at radius 1 is 0.909 bits per heavy atom. The molecule has 0 aliphatic carbocycles. The summed E-state index contributed by atoms with van der Waals surface area (Å²) in [6, 6.07) is 13.7. The lowest BCUT2D eigenvalue weighted by Crippen LogP contribution is -2.21. The molecule has 170 valence electrons. The summed E-state index contributed by atoms with van der Waals surface area (Å²) >= 11 is 0. The molecular formula is C23H22N4O5S. The number of sulfonamides is 1. The van der Waals surface area contributed by atoms with Crippen LogP contribution in [0.4, 0.5) is 11.6 Å². The number of carbonyl (C=O) groups is 2. The van der Waals surface area contributed by atoms with E-state index in [1.54, 1.807) is 44.2 Å². The Balaban J connectivity index is 1.68. The van der Waals surface area contributed by atoms with Crippen molar-refractivity contribution >= 4 is 39.1 Å². The number of nitrogens with one attached hydrogen (secondary N) is 2. The number of amides is 1. The Kier molecular flexibility index (Phi) is 6.88. The highest BCUT2D eigenvalue weighted by molar-refractivity contribution is 7.92. The number of nitrogens with zero attached hydrogens (tertiary/aromatic N) is 2. The zero-order valence-corrected chi connectivity index (χ0v) is 19.0. The molecule has 0 spiro atoms. The van der Waals surface area contributed by atoms with Gasteiger partial charge in [0.15, 0.2) is 0 Å². The molecule has 3 N–H and O–H groups in total. The third-order valence-electron chi connectivity index (χ3n) is 4.47. The molecule has 1 amide bonds. The van der Waals surface area contributed by atoms with Gasteiger partial charge >= 0.3 is 0 Å². The number of hydrogen-bond donors (Lipinski definition) is 3. The van der Waals surface area contributed by atoms with Crippen molar-refractivity contribution in [3.8, 4) is 0 Å². The fraction of sp³-hybridized carbons (Fsp3) is 0.130. The van der Waals surface area contributed by atoms with Crippen molar-refractivity contribution in [3.05, 3.63) is 83.2 Å². The first-order chi connectivity index (χ1) is 15.5. The second kappa shape index (κ2) is 9.61. The van der Waals surface area contributed by atoms with Crippen molar-refractivity contribution in [2.24, 2.45) is 0 Å². The van der Waals surface area contributed by atoms with Gasteiger partial charge in [0.2, 0.25) is 11.7 Å². The van der Waals surface area contributed by atoms with Gasteiger partial charge in [0, 0.05) is 28.7 Å². The summed E-state index contributed by atoms with van der Waals surface area (Å²) in [6.45, 7) is 5.33. The van der Waals surface area contributed by atoms with E-state index in [2.05, 4.69) is 20.0 Å². The molecule has 0 unspecified atom stereocenters. The van der Waals surface area contributed by atoms with Crippen LogP contribution in [0.5, 0.6) is 0 Å². The number of aromatic nitrogens is 2. The first-order valence-electron chi connectivity index (χ1n) is 9.82. The number of aryl methyl sites for hydroxylation is 3. The van der Waals surface area contributed by atoms with Crippen molar-refractivity contribution in [2.75, 3.05) is 10.0 Å². The van der Waals surface area contributed by atoms with E-state index in [0.29, 0.717) is 17.0 Å². The van der Waals surface area contributed by atoms with Crippen LogP contribution in [0, 0.1) is 20.8 Å². The maximum absolute atomic E-state index is 12.6. The van der Waals surface area contributed by atoms with Crippen molar-refractivity contribution < 1.29 is 23.1 Å². The molecule has 0 saturated carbocycles. The topological polar surface area (TPSA) is 138 Å². The number of aliphatic hydroxyl groups excluding tert-OH is 1. The first-order valence-corrected chi connectivity index (χ1v) is 11.3. The number of benzene rings is 2. The summed E-state index contributed by atoms with van der Waals surface area (Å²) in [6.07, 6.45) is 0.826. The summed E-state index contributed by atoms with van der Waals surface area (Å²) in [5.41, 5.74) is 2.82. The van der Waals surface area contributed by atoms with E-state index in [4.69, 9.17) is 0 Å². The molecule has 0 aliphatic rings. The molecule has 0 bridgehead atoms. The molecule has 1 heterocycles. The minimum Gasteiger partial charge on any atom is -0.507 e. The molecule has 0 radical (unpaired) electrons. The minimum absolute atomic E-state index is 0.0457. The van der Waals surface area contributed by atoms with Crippen LogP contribution in [0.3, 0.4) is 0 Å². The van der Waals surface area contributed by atoms with Gasteiger partial charge in [-0.1, -0.05) is 29.8 Å². The quantitative estimate of drug-likeness (QED) is 0.276. The highest BCUT2D eigenvalue weighted by Crippen LogP contribution is 2.18. The normalized spacial score (nSPS) is 11.7. The lowest BCUT2D eigenvalue weighted by molar-refractivity contribution is -0.131. The smallest absolute Gasteiger partial charge is 0.296 e. The zero-order chi connectivity index (χ0) is 24.2. The Morgan fingerprint density at radius 3 is 2.06 bits per heavy atom. The van der Waals surface area contributed by atoms with Crippen molar-refractivity contribution in [1.82, 2.24) is 9.97 Å². The predicted octanol–water partition coefficient (Wildman–Crippen LogP) is 3.31. The number of ketones is 1. The van der Waals surface area contributed by atoms with Gasteiger partial charge in [-0.3, -0.25) is 9.59 Å². The molecular weight excluding hydrogens is 444 g/mol. The minimum atomic E-state index is -3.96. The summed E-state index contributed by atoms with van der Waals surface area (Å²) < 4.78 is 27.5. The summed E-state index contributed by atoms with van der Waals surface area (Å²) in [7, 11) is -3.96. The second-order valence-corrected chi connectivity index (χ2v) is 9.00. The molecule has 33 heavy (non-hydrogen) atoms. The highest BCUT2D eigenvalue weighted by Gasteiger charge is 2.17. The van der Waals surface area contributed by atoms with Crippen molar-refractivity contribution in [3.63, 3.8) is 0 Å². The number of hydrogen-bond acceptors (Lipinski definition) is 7. The Bertz CT molecular complexity index is 1310. The van der Waals surface area contributed by atoms with Crippen LogP contribution in [-0.4, -0.2) is 35.2 Å². The average molecular weight is 467 g/mol. The number of aliphatic hydroxyl groups is 1. The van der Waals surface area contributed by atoms with E-state index in [1.165, 1.54) is 24.3 Å². The van der Waals surface area contributed by atoms with Crippen LogP contribution in [0.15, 0.2) is 65.6 Å². The molecule has 3 rings (SSSR count). The van der Waals surface area contributed by atoms with Crippen LogP contribution in [-0.2, 0) is 19.6 Å². The van der Waals surface area contributed by atoms with Crippen LogP contribution in [0.2, 0.25) is 0 Å². The van der Waals surface area contributed by atoms with E-state index in [-0.39, 0.29) is 22.3 Å². The average Bonchev–Trinajstić information content (AvgIpc) is 2.73. The number of anilines is 2. The number of rotatable bonds is 7. The summed E-state index contributed by atoms with van der Waals surface area (Å²) in [4.78, 5) is 32.3. The van der Waals surface area contributed by atoms with E-state index in [1.807, 2.05) is 6.92 Å². The fourth-order valence-electron chi connectivity index (χ4n) is 2.86. The molecule has 0 fully saturated rings. The van der Waals surface area contributed by atoms with Gasteiger partial charge in [-0.15, -0.1) is 0 Å². The van der Waals surface area contributed by atoms with E-state index < -0.39 is 21.7 Å². The fourth-order valence-corrected chi connectivity index (χ4v) is 3.80. The molecule has 0 aliphatic heterocycles. The first kappa shape index (κ1) is 23.6. The predicted molar refractivity (Wildman–Crippen MR) is 124 cm³/mol. The van der Waals surface area contributed by atoms with Gasteiger partial charge in [-0.2, -0.15) is 0 Å². The zero-order valence-electron chi connectivity index (χ0n) is 18.2. The summed E-state index contributed by atoms with van der Waals surface area (Å²) in [5, 5.41) is 12.4. The lowest BCUT2D eigenvalue weighted by Gasteiger charge is -2.09. The van der Waals surface area contributed by atoms with Crippen molar-refractivity contribution in [2.45, 2.75) is 25.7 Å². The SMILES string of the molecule is Cc1ccc(/C(O)=C/C(=O)C(=O)Nc2ccc(S(=O)(=O)Nc3nc(C)cc(C)n3)cc2)cc1. The van der Waals surface area contributed by atoms with E-state index in [9.17, 15) is 23.1 Å². The van der Waals surface area contributed by atoms with E-state index >= 15 is 0 Å². The number of carbonyl (C=O) groups excluding carboxylic acids is 2. The molecule has 0 saturated heterocycles. The Hall–Kier alpha value is -4.05. The van der Waals surface area contributed by atoms with Gasteiger partial charge in [0.1, 0.15) is 5.76 Å². The van der Waals surface area contributed by atoms with Crippen LogP contribution < -0.4 is 10.0 Å². The van der Waals surface area contributed by atoms with Gasteiger partial charge in [0.25, 0.3) is 15.9 Å². The molecule has 0 atom stereocenters. The van der Waals surface area contributed by atoms with Gasteiger partial charge in [-0.25, -0.2) is 23.1 Å². The van der Waals surface area contributed by atoms with Gasteiger partial charge in [0.05, 0.1) is 4.90 Å². The molecule has 9 nitrogen and oxygen atoms in total. The second-order valence-electron chi connectivity index (χ2n) is 7.32. The van der Waals surface area contributed by atoms with Gasteiger partial charge in [-0.05, 0) is 51.1 Å². The van der Waals surface area contributed by atoms with Crippen LogP contribution in [0.1, 0.15) is 22.5 Å².